The first-order valence-corrected chi connectivity index (χ1v) is 6.23. The molecule has 15 heavy (non-hydrogen) atoms. The molecule has 2 fully saturated rings. The molecule has 0 aromatic carbocycles. The van der Waals surface area contributed by atoms with Crippen molar-refractivity contribution >= 4 is 5.78 Å². The summed E-state index contributed by atoms with van der Waals surface area (Å²) in [7, 11) is 0. The second kappa shape index (κ2) is 2.56. The zero-order chi connectivity index (χ0) is 10.8. The van der Waals surface area contributed by atoms with Gasteiger partial charge in [0.2, 0.25) is 0 Å². The third-order valence-electron chi connectivity index (χ3n) is 5.74. The molecule has 0 amide bonds. The van der Waals surface area contributed by atoms with Crippen LogP contribution in [0.3, 0.4) is 0 Å². The van der Waals surface area contributed by atoms with Gasteiger partial charge in [-0.05, 0) is 48.0 Å². The Labute approximate surface area is 91.9 Å². The van der Waals surface area contributed by atoms with Crippen molar-refractivity contribution < 1.29 is 4.79 Å². The Morgan fingerprint density at radius 1 is 1.40 bits per heavy atom. The number of hydrogen-bond donors (Lipinski definition) is 0. The fourth-order valence-electron chi connectivity index (χ4n) is 4.77. The summed E-state index contributed by atoms with van der Waals surface area (Å²) < 4.78 is 0. The van der Waals surface area contributed by atoms with E-state index in [1.807, 2.05) is 6.08 Å². The number of hydrogen-bond acceptors (Lipinski definition) is 1. The summed E-state index contributed by atoms with van der Waals surface area (Å²) in [5.74, 6) is 2.08. The fourth-order valence-corrected chi connectivity index (χ4v) is 4.77. The summed E-state index contributed by atoms with van der Waals surface area (Å²) in [6, 6.07) is 0. The van der Waals surface area contributed by atoms with Crippen molar-refractivity contribution in [3.8, 4) is 0 Å². The summed E-state index contributed by atoms with van der Waals surface area (Å²) in [6.07, 6.45) is 7.86. The van der Waals surface area contributed by atoms with E-state index in [2.05, 4.69) is 26.8 Å². The Bertz CT molecular complexity index is 354. The zero-order valence-corrected chi connectivity index (χ0v) is 9.92. The van der Waals surface area contributed by atoms with Crippen molar-refractivity contribution in [2.75, 3.05) is 0 Å². The van der Waals surface area contributed by atoms with Gasteiger partial charge in [-0.3, -0.25) is 4.79 Å². The molecular formula is C14H20O. The first-order valence-electron chi connectivity index (χ1n) is 6.23. The van der Waals surface area contributed by atoms with Crippen molar-refractivity contribution in [1.82, 2.24) is 0 Å². The quantitative estimate of drug-likeness (QED) is 0.641. The molecule has 4 unspecified atom stereocenters. The lowest BCUT2D eigenvalue weighted by Crippen LogP contribution is -2.36. The van der Waals surface area contributed by atoms with Crippen LogP contribution in [0.1, 0.15) is 40.0 Å². The molecule has 3 rings (SSSR count). The maximum Gasteiger partial charge on any atom is 0.159 e. The Hall–Kier alpha value is -0.590. The molecular weight excluding hydrogens is 184 g/mol. The van der Waals surface area contributed by atoms with Crippen LogP contribution in [0.25, 0.3) is 0 Å². The summed E-state index contributed by atoms with van der Waals surface area (Å²) in [5.41, 5.74) is 0.635. The van der Waals surface area contributed by atoms with E-state index in [0.29, 0.717) is 34.4 Å². The smallest absolute Gasteiger partial charge is 0.159 e. The minimum Gasteiger partial charge on any atom is -0.295 e. The maximum absolute atomic E-state index is 12.1. The Morgan fingerprint density at radius 2 is 2.13 bits per heavy atom. The van der Waals surface area contributed by atoms with Gasteiger partial charge in [-0.2, -0.15) is 0 Å². The molecule has 0 radical (unpaired) electrons. The molecule has 82 valence electrons. The highest BCUT2D eigenvalue weighted by molar-refractivity contribution is 5.95. The van der Waals surface area contributed by atoms with Gasteiger partial charge in [-0.15, -0.1) is 0 Å². The predicted octanol–water partition coefficient (Wildman–Crippen LogP) is 3.20. The van der Waals surface area contributed by atoms with Crippen molar-refractivity contribution in [2.24, 2.45) is 28.6 Å². The van der Waals surface area contributed by atoms with Gasteiger partial charge in [0.15, 0.2) is 5.78 Å². The highest BCUT2D eigenvalue weighted by atomic mass is 16.1. The van der Waals surface area contributed by atoms with Gasteiger partial charge in [0.25, 0.3) is 0 Å². The molecule has 0 saturated heterocycles. The fraction of sp³-hybridized carbons (Fsp3) is 0.786. The molecule has 3 aliphatic rings. The van der Waals surface area contributed by atoms with Crippen LogP contribution in [0, 0.1) is 28.6 Å². The van der Waals surface area contributed by atoms with Crippen LogP contribution in [-0.2, 0) is 4.79 Å². The van der Waals surface area contributed by atoms with Crippen LogP contribution >= 0.6 is 0 Å². The summed E-state index contributed by atoms with van der Waals surface area (Å²) in [6.45, 7) is 6.96. The van der Waals surface area contributed by atoms with Crippen molar-refractivity contribution in [1.29, 1.82) is 0 Å². The number of rotatable bonds is 1. The molecule has 4 bridgehead atoms. The molecule has 2 saturated carbocycles. The molecule has 0 N–H and O–H groups in total. The Kier molecular flexibility index (Phi) is 1.64. The normalized spacial score (nSPS) is 51.9. The third-order valence-corrected chi connectivity index (χ3v) is 5.74. The van der Waals surface area contributed by atoms with Crippen LogP contribution in [0.5, 0.6) is 0 Å². The van der Waals surface area contributed by atoms with Crippen LogP contribution in [0.4, 0.5) is 0 Å². The molecule has 0 aromatic heterocycles. The van der Waals surface area contributed by atoms with E-state index in [1.165, 1.54) is 19.3 Å². The van der Waals surface area contributed by atoms with Crippen molar-refractivity contribution in [3.63, 3.8) is 0 Å². The van der Waals surface area contributed by atoms with E-state index < -0.39 is 0 Å². The molecule has 4 atom stereocenters. The third kappa shape index (κ3) is 0.885. The van der Waals surface area contributed by atoms with E-state index in [9.17, 15) is 4.79 Å². The highest BCUT2D eigenvalue weighted by Crippen LogP contribution is 2.72. The number of carbonyl (C=O) groups is 1. The SMILES string of the molecule is CC(C)C12CCC3(C)C(C=CC(=O)C31)C2. The first-order chi connectivity index (χ1) is 7.01. The van der Waals surface area contributed by atoms with Crippen LogP contribution < -0.4 is 0 Å². The van der Waals surface area contributed by atoms with Crippen molar-refractivity contribution in [3.05, 3.63) is 12.2 Å². The van der Waals surface area contributed by atoms with Gasteiger partial charge >= 0.3 is 0 Å². The topological polar surface area (TPSA) is 17.1 Å². The Morgan fingerprint density at radius 3 is 2.80 bits per heavy atom. The van der Waals surface area contributed by atoms with Gasteiger partial charge in [-0.1, -0.05) is 26.8 Å². The average Bonchev–Trinajstić information content (AvgIpc) is 2.54. The second-order valence-corrected chi connectivity index (χ2v) is 6.40. The van der Waals surface area contributed by atoms with Crippen LogP contribution in [0.2, 0.25) is 0 Å². The van der Waals surface area contributed by atoms with E-state index in [1.54, 1.807) is 0 Å². The zero-order valence-electron chi connectivity index (χ0n) is 9.92. The lowest BCUT2D eigenvalue weighted by atomic mass is 9.67. The van der Waals surface area contributed by atoms with E-state index in [0.717, 1.165) is 0 Å². The minimum absolute atomic E-state index is 0.302. The molecule has 3 aliphatic carbocycles. The summed E-state index contributed by atoms with van der Waals surface area (Å²) in [4.78, 5) is 12.1. The monoisotopic (exact) mass is 204 g/mol. The molecule has 0 spiro atoms. The molecule has 0 aliphatic heterocycles. The van der Waals surface area contributed by atoms with E-state index in [-0.39, 0.29) is 0 Å². The largest absolute Gasteiger partial charge is 0.295 e. The predicted molar refractivity (Wildman–Crippen MR) is 60.4 cm³/mol. The number of allylic oxidation sites excluding steroid dienone is 2. The number of carbonyl (C=O) groups excluding carboxylic acids is 1. The minimum atomic E-state index is 0.302. The van der Waals surface area contributed by atoms with Gasteiger partial charge in [0.1, 0.15) is 0 Å². The van der Waals surface area contributed by atoms with Crippen LogP contribution in [0.15, 0.2) is 12.2 Å². The molecule has 1 heteroatoms. The second-order valence-electron chi connectivity index (χ2n) is 6.40. The van der Waals surface area contributed by atoms with Gasteiger partial charge < -0.3 is 0 Å². The summed E-state index contributed by atoms with van der Waals surface area (Å²) in [5, 5.41) is 0. The van der Waals surface area contributed by atoms with Gasteiger partial charge in [0, 0.05) is 5.92 Å². The molecule has 1 nitrogen and oxygen atoms in total. The number of ketones is 1. The van der Waals surface area contributed by atoms with E-state index >= 15 is 0 Å². The Balaban J connectivity index is 2.15. The van der Waals surface area contributed by atoms with Crippen molar-refractivity contribution in [2.45, 2.75) is 40.0 Å². The van der Waals surface area contributed by atoms with Gasteiger partial charge in [-0.25, -0.2) is 0 Å². The van der Waals surface area contributed by atoms with E-state index in [4.69, 9.17) is 0 Å². The standard InChI is InChI=1S/C14H20O/c1-9(2)14-7-6-13(3)10(8-14)4-5-11(15)12(13)14/h4-5,9-10,12H,6-8H2,1-3H3. The first kappa shape index (κ1) is 9.62. The lowest BCUT2D eigenvalue weighted by Gasteiger charge is -2.35. The molecule has 0 aromatic rings. The summed E-state index contributed by atoms with van der Waals surface area (Å²) >= 11 is 0. The highest BCUT2D eigenvalue weighted by Gasteiger charge is 2.67. The lowest BCUT2D eigenvalue weighted by molar-refractivity contribution is -0.124. The molecule has 0 heterocycles. The average molecular weight is 204 g/mol. The van der Waals surface area contributed by atoms with Crippen LogP contribution in [-0.4, -0.2) is 5.78 Å². The maximum atomic E-state index is 12.1. The van der Waals surface area contributed by atoms with Gasteiger partial charge in [0.05, 0.1) is 0 Å².